The summed E-state index contributed by atoms with van der Waals surface area (Å²) >= 11 is 0. The first kappa shape index (κ1) is 12.6. The van der Waals surface area contributed by atoms with Gasteiger partial charge in [0.1, 0.15) is 0 Å². The molecular weight excluding hydrogens is 232 g/mol. The molecular formula is C17H22N2. The highest BCUT2D eigenvalue weighted by Crippen LogP contribution is 2.32. The lowest BCUT2D eigenvalue weighted by Gasteiger charge is -2.34. The van der Waals surface area contributed by atoms with E-state index in [2.05, 4.69) is 47.6 Å². The minimum Gasteiger partial charge on any atom is -0.314 e. The summed E-state index contributed by atoms with van der Waals surface area (Å²) in [5.74, 6) is 0.867. The first-order chi connectivity index (χ1) is 9.38. The number of benzene rings is 1. The number of nitrogens with one attached hydrogen (secondary N) is 1. The molecule has 1 aliphatic carbocycles. The fraction of sp³-hybridized carbons (Fsp3) is 0.471. The monoisotopic (exact) mass is 254 g/mol. The van der Waals surface area contributed by atoms with Gasteiger partial charge in [-0.2, -0.15) is 0 Å². The lowest BCUT2D eigenvalue weighted by atomic mass is 9.77. The standard InChI is InChI=1S/C17H22N2/c1-2-18-17(13-6-5-7-13)12-14-10-11-19-16-9-4-3-8-15(14)16/h3-4,8-11,13,17-18H,2,5-7,12H2,1H3. The molecule has 1 N–H and O–H groups in total. The van der Waals surface area contributed by atoms with Crippen molar-refractivity contribution in [3.8, 4) is 0 Å². The van der Waals surface area contributed by atoms with Crippen LogP contribution in [0.5, 0.6) is 0 Å². The molecule has 0 amide bonds. The van der Waals surface area contributed by atoms with Gasteiger partial charge in [-0.15, -0.1) is 0 Å². The summed E-state index contributed by atoms with van der Waals surface area (Å²) in [5, 5.41) is 4.99. The van der Waals surface area contributed by atoms with Crippen LogP contribution in [0.3, 0.4) is 0 Å². The third-order valence-corrected chi connectivity index (χ3v) is 4.36. The Morgan fingerprint density at radius 3 is 2.84 bits per heavy atom. The van der Waals surface area contributed by atoms with E-state index >= 15 is 0 Å². The maximum Gasteiger partial charge on any atom is 0.0704 e. The lowest BCUT2D eigenvalue weighted by Crippen LogP contribution is -2.41. The Balaban J connectivity index is 1.86. The Labute approximate surface area is 115 Å². The van der Waals surface area contributed by atoms with E-state index in [9.17, 15) is 0 Å². The minimum absolute atomic E-state index is 0.629. The van der Waals surface area contributed by atoms with Crippen LogP contribution in [0.1, 0.15) is 31.7 Å². The summed E-state index contributed by atoms with van der Waals surface area (Å²) in [5.41, 5.74) is 2.55. The molecule has 1 aromatic carbocycles. The van der Waals surface area contributed by atoms with Gasteiger partial charge in [-0.1, -0.05) is 31.5 Å². The average molecular weight is 254 g/mol. The first-order valence-corrected chi connectivity index (χ1v) is 7.44. The highest BCUT2D eigenvalue weighted by molar-refractivity contribution is 5.81. The minimum atomic E-state index is 0.629. The molecule has 100 valence electrons. The number of aromatic nitrogens is 1. The van der Waals surface area contributed by atoms with Crippen molar-refractivity contribution in [3.05, 3.63) is 42.1 Å². The maximum absolute atomic E-state index is 4.45. The normalized spacial score (nSPS) is 17.3. The van der Waals surface area contributed by atoms with Crippen LogP contribution in [0.15, 0.2) is 36.5 Å². The Morgan fingerprint density at radius 1 is 1.26 bits per heavy atom. The molecule has 1 fully saturated rings. The van der Waals surface area contributed by atoms with Crippen molar-refractivity contribution < 1.29 is 0 Å². The summed E-state index contributed by atoms with van der Waals surface area (Å²) in [6.45, 7) is 3.26. The number of para-hydroxylation sites is 1. The predicted octanol–water partition coefficient (Wildman–Crippen LogP) is 3.56. The van der Waals surface area contributed by atoms with Crippen molar-refractivity contribution in [2.24, 2.45) is 5.92 Å². The summed E-state index contributed by atoms with van der Waals surface area (Å²) in [7, 11) is 0. The second-order valence-corrected chi connectivity index (χ2v) is 5.55. The van der Waals surface area contributed by atoms with E-state index in [0.29, 0.717) is 6.04 Å². The maximum atomic E-state index is 4.45. The lowest BCUT2D eigenvalue weighted by molar-refractivity contribution is 0.230. The van der Waals surface area contributed by atoms with Crippen molar-refractivity contribution in [3.63, 3.8) is 0 Å². The average Bonchev–Trinajstić information content (AvgIpc) is 2.37. The van der Waals surface area contributed by atoms with E-state index in [1.807, 2.05) is 6.20 Å². The van der Waals surface area contributed by atoms with Crippen molar-refractivity contribution >= 4 is 10.9 Å². The molecule has 0 aliphatic heterocycles. The van der Waals surface area contributed by atoms with E-state index < -0.39 is 0 Å². The number of rotatable bonds is 5. The molecule has 1 unspecified atom stereocenters. The molecule has 1 saturated carbocycles. The third-order valence-electron chi connectivity index (χ3n) is 4.36. The summed E-state index contributed by atoms with van der Waals surface area (Å²) in [4.78, 5) is 4.45. The van der Waals surface area contributed by atoms with Crippen LogP contribution in [-0.2, 0) is 6.42 Å². The van der Waals surface area contributed by atoms with Gasteiger partial charge in [-0.3, -0.25) is 4.98 Å². The highest BCUT2D eigenvalue weighted by Gasteiger charge is 2.26. The Hall–Kier alpha value is -1.41. The van der Waals surface area contributed by atoms with Crippen LogP contribution in [0.4, 0.5) is 0 Å². The summed E-state index contributed by atoms with van der Waals surface area (Å²) < 4.78 is 0. The fourth-order valence-electron chi connectivity index (χ4n) is 3.08. The smallest absolute Gasteiger partial charge is 0.0704 e. The molecule has 3 rings (SSSR count). The first-order valence-electron chi connectivity index (χ1n) is 7.44. The quantitative estimate of drug-likeness (QED) is 0.882. The SMILES string of the molecule is CCNC(Cc1ccnc2ccccc12)C1CCC1. The summed E-state index contributed by atoms with van der Waals surface area (Å²) in [6.07, 6.45) is 7.26. The van der Waals surface area contributed by atoms with E-state index in [1.165, 1.54) is 30.2 Å². The number of likely N-dealkylation sites (N-methyl/N-ethyl adjacent to an activating group) is 1. The number of fused-ring (bicyclic) bond motifs is 1. The van der Waals surface area contributed by atoms with Gasteiger partial charge in [0, 0.05) is 17.6 Å². The number of hydrogen-bond acceptors (Lipinski definition) is 2. The molecule has 2 nitrogen and oxygen atoms in total. The van der Waals surface area contributed by atoms with Gasteiger partial charge in [0.25, 0.3) is 0 Å². The molecule has 19 heavy (non-hydrogen) atoms. The molecule has 1 heterocycles. The number of pyridine rings is 1. The van der Waals surface area contributed by atoms with Crippen LogP contribution in [0, 0.1) is 5.92 Å². The molecule has 0 radical (unpaired) electrons. The van der Waals surface area contributed by atoms with Gasteiger partial charge in [-0.25, -0.2) is 0 Å². The van der Waals surface area contributed by atoms with Crippen LogP contribution in [0.25, 0.3) is 10.9 Å². The van der Waals surface area contributed by atoms with E-state index in [4.69, 9.17) is 0 Å². The van der Waals surface area contributed by atoms with E-state index in [0.717, 1.165) is 24.4 Å². The largest absolute Gasteiger partial charge is 0.314 e. The molecule has 0 bridgehead atoms. The van der Waals surface area contributed by atoms with E-state index in [1.54, 1.807) is 0 Å². The zero-order valence-electron chi connectivity index (χ0n) is 11.6. The van der Waals surface area contributed by atoms with Crippen LogP contribution in [-0.4, -0.2) is 17.6 Å². The fourth-order valence-corrected chi connectivity index (χ4v) is 3.08. The highest BCUT2D eigenvalue weighted by atomic mass is 14.9. The zero-order valence-corrected chi connectivity index (χ0v) is 11.6. The summed E-state index contributed by atoms with van der Waals surface area (Å²) in [6, 6.07) is 11.3. The predicted molar refractivity (Wildman–Crippen MR) is 80.3 cm³/mol. The number of nitrogens with zero attached hydrogens (tertiary/aromatic N) is 1. The van der Waals surface area contributed by atoms with E-state index in [-0.39, 0.29) is 0 Å². The zero-order chi connectivity index (χ0) is 13.1. The molecule has 0 saturated heterocycles. The topological polar surface area (TPSA) is 24.9 Å². The van der Waals surface area contributed by atoms with Gasteiger partial charge in [0.15, 0.2) is 0 Å². The molecule has 1 aromatic heterocycles. The van der Waals surface area contributed by atoms with Crippen molar-refractivity contribution in [2.75, 3.05) is 6.54 Å². The van der Waals surface area contributed by atoms with Gasteiger partial charge in [-0.05, 0) is 49.4 Å². The molecule has 1 aliphatic rings. The molecule has 2 aromatic rings. The van der Waals surface area contributed by atoms with Gasteiger partial charge >= 0.3 is 0 Å². The van der Waals surface area contributed by atoms with Crippen LogP contribution < -0.4 is 5.32 Å². The second kappa shape index (κ2) is 5.70. The van der Waals surface area contributed by atoms with Crippen LogP contribution >= 0.6 is 0 Å². The second-order valence-electron chi connectivity index (χ2n) is 5.55. The number of hydrogen-bond donors (Lipinski definition) is 1. The van der Waals surface area contributed by atoms with Crippen molar-refractivity contribution in [1.82, 2.24) is 10.3 Å². The van der Waals surface area contributed by atoms with Crippen molar-refractivity contribution in [2.45, 2.75) is 38.6 Å². The Morgan fingerprint density at radius 2 is 2.11 bits per heavy atom. The molecule has 2 heteroatoms. The van der Waals surface area contributed by atoms with Gasteiger partial charge in [0.05, 0.1) is 5.52 Å². The van der Waals surface area contributed by atoms with Crippen LogP contribution in [0.2, 0.25) is 0 Å². The van der Waals surface area contributed by atoms with Gasteiger partial charge in [0.2, 0.25) is 0 Å². The molecule has 0 spiro atoms. The Bertz CT molecular complexity index is 540. The van der Waals surface area contributed by atoms with Gasteiger partial charge < -0.3 is 5.32 Å². The molecule has 1 atom stereocenters. The van der Waals surface area contributed by atoms with Crippen molar-refractivity contribution in [1.29, 1.82) is 0 Å². The third kappa shape index (κ3) is 2.64. The Kier molecular flexibility index (Phi) is 3.79.